The molecule has 0 bridgehead atoms. The minimum atomic E-state index is -0.134. The summed E-state index contributed by atoms with van der Waals surface area (Å²) in [5, 5.41) is 0. The van der Waals surface area contributed by atoms with E-state index in [1.807, 2.05) is 0 Å². The molecule has 0 heterocycles. The minimum absolute atomic E-state index is 0.0141. The highest BCUT2D eigenvalue weighted by Gasteiger charge is 2.61. The van der Waals surface area contributed by atoms with Crippen LogP contribution < -0.4 is 0 Å². The number of carbonyl (C=O) groups excluding carboxylic acids is 2. The van der Waals surface area contributed by atoms with Crippen LogP contribution in [-0.4, -0.2) is 25.2 Å². The highest BCUT2D eigenvalue weighted by atomic mass is 16.5. The molecule has 4 heteroatoms. The lowest BCUT2D eigenvalue weighted by Gasteiger charge is -2.60. The average Bonchev–Trinajstić information content (AvgIpc) is 2.98. The summed E-state index contributed by atoms with van der Waals surface area (Å²) in [6.45, 7) is 6.42. The van der Waals surface area contributed by atoms with Crippen molar-refractivity contribution in [3.63, 3.8) is 0 Å². The Kier molecular flexibility index (Phi) is 4.83. The maximum absolute atomic E-state index is 12.4. The highest BCUT2D eigenvalue weighted by molar-refractivity contribution is 5.73. The molecular weight excluding hydrogens is 340 g/mol. The van der Waals surface area contributed by atoms with Crippen molar-refractivity contribution in [2.75, 3.05) is 7.11 Å². The van der Waals surface area contributed by atoms with E-state index in [1.165, 1.54) is 39.0 Å². The normalized spacial score (nSPS) is 48.7. The first-order chi connectivity index (χ1) is 12.8. The van der Waals surface area contributed by atoms with Gasteiger partial charge in [-0.1, -0.05) is 13.8 Å². The van der Waals surface area contributed by atoms with Crippen molar-refractivity contribution < 1.29 is 19.1 Å². The summed E-state index contributed by atoms with van der Waals surface area (Å²) in [7, 11) is 1.54. The van der Waals surface area contributed by atoms with Crippen LogP contribution in [0.2, 0.25) is 0 Å². The zero-order valence-corrected chi connectivity index (χ0v) is 17.5. The van der Waals surface area contributed by atoms with Crippen LogP contribution in [0.1, 0.15) is 78.6 Å². The Bertz CT molecular complexity index is 615. The Morgan fingerprint density at radius 3 is 2.30 bits per heavy atom. The zero-order valence-electron chi connectivity index (χ0n) is 17.5. The topological polar surface area (TPSA) is 52.6 Å². The molecule has 0 amide bonds. The number of hydrogen-bond donors (Lipinski definition) is 0. The number of ether oxygens (including phenoxy) is 2. The molecule has 4 aliphatic rings. The fourth-order valence-electron chi connectivity index (χ4n) is 8.09. The van der Waals surface area contributed by atoms with Crippen molar-refractivity contribution in [3.05, 3.63) is 0 Å². The largest absolute Gasteiger partial charge is 0.469 e. The molecule has 0 aromatic carbocycles. The molecule has 4 rings (SSSR count). The quantitative estimate of drug-likeness (QED) is 0.653. The number of carbonyl (C=O) groups is 2. The van der Waals surface area contributed by atoms with Crippen LogP contribution in [0, 0.1) is 40.4 Å². The Balaban J connectivity index is 1.53. The van der Waals surface area contributed by atoms with Gasteiger partial charge in [0.25, 0.3) is 0 Å². The molecule has 0 N–H and O–H groups in total. The molecule has 4 nitrogen and oxygen atoms in total. The second kappa shape index (κ2) is 6.77. The van der Waals surface area contributed by atoms with Gasteiger partial charge in [0.1, 0.15) is 6.10 Å². The van der Waals surface area contributed by atoms with E-state index in [1.54, 1.807) is 7.11 Å². The van der Waals surface area contributed by atoms with Crippen LogP contribution in [0.25, 0.3) is 0 Å². The molecule has 0 saturated heterocycles. The summed E-state index contributed by atoms with van der Waals surface area (Å²) < 4.78 is 10.7. The Hall–Kier alpha value is -1.06. The van der Waals surface area contributed by atoms with Crippen molar-refractivity contribution >= 4 is 11.9 Å². The van der Waals surface area contributed by atoms with Gasteiger partial charge in [-0.05, 0) is 92.3 Å². The molecule has 0 radical (unpaired) electrons. The highest BCUT2D eigenvalue weighted by Crippen LogP contribution is 2.67. The molecule has 152 valence electrons. The van der Waals surface area contributed by atoms with Gasteiger partial charge in [-0.25, -0.2) is 0 Å². The SMILES string of the molecule is COC(=O)[C@@H]1CC[C@@H]2[C@@H]3CC[C@H]4C[C@H](OC(C)=O)CC[C@]4(C)[C@H]3CC[C@]21C. The third-order valence-corrected chi connectivity index (χ3v) is 9.44. The molecule has 4 fully saturated rings. The van der Waals surface area contributed by atoms with Crippen LogP contribution in [0.15, 0.2) is 0 Å². The lowest BCUT2D eigenvalue weighted by molar-refractivity contribution is -0.164. The van der Waals surface area contributed by atoms with E-state index in [2.05, 4.69) is 13.8 Å². The monoisotopic (exact) mass is 376 g/mol. The van der Waals surface area contributed by atoms with Crippen LogP contribution >= 0.6 is 0 Å². The predicted molar refractivity (Wildman–Crippen MR) is 103 cm³/mol. The van der Waals surface area contributed by atoms with Gasteiger partial charge in [-0.15, -0.1) is 0 Å². The van der Waals surface area contributed by atoms with Gasteiger partial charge in [0.05, 0.1) is 13.0 Å². The van der Waals surface area contributed by atoms with E-state index in [9.17, 15) is 9.59 Å². The lowest BCUT2D eigenvalue weighted by Crippen LogP contribution is -2.54. The third-order valence-electron chi connectivity index (χ3n) is 9.44. The van der Waals surface area contributed by atoms with E-state index < -0.39 is 0 Å². The van der Waals surface area contributed by atoms with Gasteiger partial charge < -0.3 is 9.47 Å². The zero-order chi connectivity index (χ0) is 19.4. The minimum Gasteiger partial charge on any atom is -0.469 e. The van der Waals surface area contributed by atoms with Gasteiger partial charge in [0.2, 0.25) is 0 Å². The summed E-state index contributed by atoms with van der Waals surface area (Å²) in [5.74, 6) is 2.85. The Morgan fingerprint density at radius 1 is 0.889 bits per heavy atom. The van der Waals surface area contributed by atoms with Crippen LogP contribution in [0.3, 0.4) is 0 Å². The van der Waals surface area contributed by atoms with Crippen molar-refractivity contribution in [2.45, 2.75) is 84.7 Å². The molecular formula is C23H36O4. The molecule has 27 heavy (non-hydrogen) atoms. The fourth-order valence-corrected chi connectivity index (χ4v) is 8.09. The fraction of sp³-hybridized carbons (Fsp3) is 0.913. The molecule has 8 atom stereocenters. The van der Waals surface area contributed by atoms with E-state index in [0.29, 0.717) is 17.3 Å². The lowest BCUT2D eigenvalue weighted by atomic mass is 9.44. The van der Waals surface area contributed by atoms with Crippen molar-refractivity contribution in [1.82, 2.24) is 0 Å². The first-order valence-electron chi connectivity index (χ1n) is 11.0. The molecule has 0 unspecified atom stereocenters. The Morgan fingerprint density at radius 2 is 1.59 bits per heavy atom. The van der Waals surface area contributed by atoms with Gasteiger partial charge in [-0.3, -0.25) is 9.59 Å². The van der Waals surface area contributed by atoms with Gasteiger partial charge in [-0.2, -0.15) is 0 Å². The smallest absolute Gasteiger partial charge is 0.309 e. The Labute approximate surface area is 163 Å². The molecule has 0 aromatic heterocycles. The number of hydrogen-bond acceptors (Lipinski definition) is 4. The van der Waals surface area contributed by atoms with Gasteiger partial charge in [0, 0.05) is 6.92 Å². The maximum Gasteiger partial charge on any atom is 0.309 e. The molecule has 4 aliphatic carbocycles. The summed E-state index contributed by atoms with van der Waals surface area (Å²) in [6.07, 6.45) is 10.5. The number of fused-ring (bicyclic) bond motifs is 5. The standard InChI is InChI=1S/C23H36O4/c1-14(24)27-16-9-11-22(2)15(13-16)5-6-17-18-7-8-20(21(25)26-4)23(18,3)12-10-19(17)22/h15-20H,5-13H2,1-4H3/t15-,16+,17-,18+,19-,20-,22-,23+/m0/s1. The molecule has 0 aliphatic heterocycles. The molecule has 0 aromatic rings. The number of esters is 2. The first kappa shape index (κ1) is 19.3. The average molecular weight is 377 g/mol. The van der Waals surface area contributed by atoms with Crippen molar-refractivity contribution in [1.29, 1.82) is 0 Å². The van der Waals surface area contributed by atoms with E-state index in [4.69, 9.17) is 9.47 Å². The van der Waals surface area contributed by atoms with Crippen LogP contribution in [-0.2, 0) is 19.1 Å². The predicted octanol–water partition coefficient (Wildman–Crippen LogP) is 4.75. The van der Waals surface area contributed by atoms with Gasteiger partial charge >= 0.3 is 11.9 Å². The summed E-state index contributed by atoms with van der Waals surface area (Å²) in [6, 6.07) is 0. The van der Waals surface area contributed by atoms with Gasteiger partial charge in [0.15, 0.2) is 0 Å². The second-order valence-electron chi connectivity index (χ2n) is 10.4. The second-order valence-corrected chi connectivity index (χ2v) is 10.4. The van der Waals surface area contributed by atoms with Crippen molar-refractivity contribution in [3.8, 4) is 0 Å². The van der Waals surface area contributed by atoms with Crippen molar-refractivity contribution in [2.24, 2.45) is 40.4 Å². The van der Waals surface area contributed by atoms with E-state index in [0.717, 1.165) is 37.5 Å². The summed E-state index contributed by atoms with van der Waals surface area (Å²) in [4.78, 5) is 23.8. The summed E-state index contributed by atoms with van der Waals surface area (Å²) in [5.41, 5.74) is 0.511. The molecule has 4 saturated carbocycles. The number of methoxy groups -OCH3 is 1. The first-order valence-corrected chi connectivity index (χ1v) is 11.0. The molecule has 0 spiro atoms. The van der Waals surface area contributed by atoms with E-state index >= 15 is 0 Å². The third kappa shape index (κ3) is 2.93. The van der Waals surface area contributed by atoms with E-state index in [-0.39, 0.29) is 29.4 Å². The van der Waals surface area contributed by atoms with Crippen LogP contribution in [0.4, 0.5) is 0 Å². The maximum atomic E-state index is 12.4. The number of rotatable bonds is 2. The van der Waals surface area contributed by atoms with Crippen LogP contribution in [0.5, 0.6) is 0 Å². The summed E-state index contributed by atoms with van der Waals surface area (Å²) >= 11 is 0.